The first kappa shape index (κ1) is 25.2. The van der Waals surface area contributed by atoms with Crippen LogP contribution in [0.3, 0.4) is 0 Å². The first-order valence-corrected chi connectivity index (χ1v) is 12.6. The lowest BCUT2D eigenvalue weighted by molar-refractivity contribution is -0.200. The van der Waals surface area contributed by atoms with Gasteiger partial charge in [0.25, 0.3) is 0 Å². The number of β-lactam (4-membered cyclic amide) rings is 1. The van der Waals surface area contributed by atoms with Crippen molar-refractivity contribution in [3.63, 3.8) is 0 Å². The Balaban J connectivity index is 1.76. The summed E-state index contributed by atoms with van der Waals surface area (Å²) in [5.74, 6) is -2.72. The molecule has 0 spiro atoms. The molecule has 1 unspecified atom stereocenters. The third kappa shape index (κ3) is 4.02. The van der Waals surface area contributed by atoms with Gasteiger partial charge in [0.1, 0.15) is 6.04 Å². The quantitative estimate of drug-likeness (QED) is 0.190. The lowest BCUT2D eigenvalue weighted by atomic mass is 9.68. The first-order valence-electron chi connectivity index (χ1n) is 12.6. The van der Waals surface area contributed by atoms with Crippen LogP contribution in [-0.2, 0) is 29.5 Å². The fraction of sp³-hybridized carbons (Fsp3) is 0.219. The number of hydrogen-bond donors (Lipinski definition) is 0. The number of amides is 1. The van der Waals surface area contributed by atoms with Crippen LogP contribution in [0.2, 0.25) is 0 Å². The van der Waals surface area contributed by atoms with Crippen molar-refractivity contribution in [2.24, 2.45) is 5.92 Å². The molecule has 0 aromatic heterocycles. The molecule has 0 N–H and O–H groups in total. The maximum atomic E-state index is 13.8. The second-order valence-electron chi connectivity index (χ2n) is 9.50. The van der Waals surface area contributed by atoms with Gasteiger partial charge in [-0.15, -0.1) is 0 Å². The topological polar surface area (TPSA) is 72.9 Å². The molecule has 5 rings (SSSR count). The van der Waals surface area contributed by atoms with Crippen LogP contribution in [0.25, 0.3) is 10.8 Å². The Kier molecular flexibility index (Phi) is 6.72. The number of benzene rings is 4. The predicted octanol–water partition coefficient (Wildman–Crippen LogP) is 5.41. The van der Waals surface area contributed by atoms with Crippen molar-refractivity contribution in [1.29, 1.82) is 0 Å². The molecule has 1 aliphatic heterocycles. The fourth-order valence-corrected chi connectivity index (χ4v) is 5.78. The van der Waals surface area contributed by atoms with E-state index in [-0.39, 0.29) is 5.91 Å². The zero-order chi connectivity index (χ0) is 26.9. The molecule has 3 atom stereocenters. The molecular weight excluding hydrogens is 478 g/mol. The van der Waals surface area contributed by atoms with Crippen molar-refractivity contribution in [3.8, 4) is 0 Å². The molecule has 1 amide bonds. The van der Waals surface area contributed by atoms with E-state index in [2.05, 4.69) is 0 Å². The highest BCUT2D eigenvalue weighted by atomic mass is 16.6. The summed E-state index contributed by atoms with van der Waals surface area (Å²) in [4.78, 5) is 41.4. The summed E-state index contributed by atoms with van der Waals surface area (Å²) >= 11 is 0. The van der Waals surface area contributed by atoms with Crippen LogP contribution in [0.1, 0.15) is 36.6 Å². The molecule has 0 aliphatic carbocycles. The largest absolute Gasteiger partial charge is 0.468 e. The van der Waals surface area contributed by atoms with Crippen LogP contribution in [0, 0.1) is 5.92 Å². The van der Waals surface area contributed by atoms with Crippen LogP contribution < -0.4 is 0 Å². The zero-order valence-corrected chi connectivity index (χ0v) is 21.5. The van der Waals surface area contributed by atoms with Gasteiger partial charge in [-0.3, -0.25) is 14.4 Å². The number of fused-ring (bicyclic) bond motifs is 1. The molecule has 6 nitrogen and oxygen atoms in total. The van der Waals surface area contributed by atoms with E-state index in [1.165, 1.54) is 14.0 Å². The third-order valence-electron chi connectivity index (χ3n) is 7.41. The van der Waals surface area contributed by atoms with Gasteiger partial charge in [-0.05, 0) is 23.3 Å². The number of ether oxygens (including phenoxy) is 2. The van der Waals surface area contributed by atoms with Crippen LogP contribution in [0.5, 0.6) is 0 Å². The molecule has 1 aliphatic rings. The van der Waals surface area contributed by atoms with Gasteiger partial charge >= 0.3 is 11.9 Å². The van der Waals surface area contributed by atoms with E-state index < -0.39 is 35.5 Å². The standard InChI is InChI=1S/C32H29NO5/c1-21(26-20-12-14-23-13-10-11-19-27(23)26)33-29(28(30(33)35)31(36)37-3)32(38-22(2)34,24-15-6-4-7-16-24)25-17-8-5-9-18-25/h4-21,28-29H,1-3H3/t21?,28-,29+/m1/s1. The van der Waals surface area contributed by atoms with Gasteiger partial charge in [0.05, 0.1) is 13.2 Å². The van der Waals surface area contributed by atoms with Crippen molar-refractivity contribution in [3.05, 3.63) is 120 Å². The van der Waals surface area contributed by atoms with E-state index in [9.17, 15) is 14.4 Å². The zero-order valence-electron chi connectivity index (χ0n) is 21.5. The van der Waals surface area contributed by atoms with Crippen LogP contribution in [-0.4, -0.2) is 35.9 Å². The van der Waals surface area contributed by atoms with E-state index in [1.54, 1.807) is 4.90 Å². The molecule has 1 heterocycles. The molecule has 0 saturated carbocycles. The van der Waals surface area contributed by atoms with Crippen LogP contribution in [0.4, 0.5) is 0 Å². The Morgan fingerprint density at radius 3 is 1.95 bits per heavy atom. The lowest BCUT2D eigenvalue weighted by Gasteiger charge is -2.56. The van der Waals surface area contributed by atoms with Crippen molar-refractivity contribution in [1.82, 2.24) is 4.90 Å². The second-order valence-corrected chi connectivity index (χ2v) is 9.50. The van der Waals surface area contributed by atoms with Crippen molar-refractivity contribution >= 4 is 28.6 Å². The summed E-state index contributed by atoms with van der Waals surface area (Å²) in [6.07, 6.45) is 0. The smallest absolute Gasteiger partial charge is 0.320 e. The molecule has 4 aromatic carbocycles. The van der Waals surface area contributed by atoms with Crippen molar-refractivity contribution in [2.45, 2.75) is 31.5 Å². The van der Waals surface area contributed by atoms with Gasteiger partial charge in [-0.1, -0.05) is 103 Å². The summed E-state index contributed by atoms with van der Waals surface area (Å²) in [5.41, 5.74) is 0.786. The summed E-state index contributed by atoms with van der Waals surface area (Å²) in [6.45, 7) is 3.28. The number of carbonyl (C=O) groups excluding carboxylic acids is 3. The molecule has 6 heteroatoms. The highest BCUT2D eigenvalue weighted by Gasteiger charge is 2.65. The number of hydrogen-bond acceptors (Lipinski definition) is 5. The van der Waals surface area contributed by atoms with E-state index in [0.29, 0.717) is 11.1 Å². The van der Waals surface area contributed by atoms with E-state index >= 15 is 0 Å². The van der Waals surface area contributed by atoms with Gasteiger partial charge in [0.2, 0.25) is 5.91 Å². The highest BCUT2D eigenvalue weighted by molar-refractivity contribution is 6.04. The highest BCUT2D eigenvalue weighted by Crippen LogP contribution is 2.51. The molecule has 38 heavy (non-hydrogen) atoms. The average molecular weight is 508 g/mol. The summed E-state index contributed by atoms with van der Waals surface area (Å²) in [7, 11) is 1.27. The average Bonchev–Trinajstić information content (AvgIpc) is 2.95. The van der Waals surface area contributed by atoms with E-state index in [0.717, 1.165) is 16.3 Å². The maximum absolute atomic E-state index is 13.8. The lowest BCUT2D eigenvalue weighted by Crippen LogP contribution is -2.72. The van der Waals surface area contributed by atoms with E-state index in [1.807, 2.05) is 110 Å². The molecule has 4 aromatic rings. The molecule has 1 fully saturated rings. The summed E-state index contributed by atoms with van der Waals surface area (Å²) in [5, 5.41) is 2.05. The van der Waals surface area contributed by atoms with Gasteiger partial charge in [0, 0.05) is 18.1 Å². The fourth-order valence-electron chi connectivity index (χ4n) is 5.78. The summed E-state index contributed by atoms with van der Waals surface area (Å²) < 4.78 is 11.4. The number of carbonyl (C=O) groups is 3. The van der Waals surface area contributed by atoms with Crippen molar-refractivity contribution in [2.75, 3.05) is 7.11 Å². The Bertz CT molecular complexity index is 1440. The minimum absolute atomic E-state index is 0.370. The minimum atomic E-state index is -1.46. The number of nitrogens with zero attached hydrogens (tertiary/aromatic N) is 1. The Hall–Kier alpha value is -4.45. The number of esters is 2. The number of rotatable bonds is 7. The van der Waals surface area contributed by atoms with Gasteiger partial charge < -0.3 is 14.4 Å². The van der Waals surface area contributed by atoms with Crippen LogP contribution >= 0.6 is 0 Å². The van der Waals surface area contributed by atoms with Gasteiger partial charge in [-0.2, -0.15) is 0 Å². The van der Waals surface area contributed by atoms with Crippen LogP contribution in [0.15, 0.2) is 103 Å². The molecule has 1 saturated heterocycles. The molecule has 192 valence electrons. The Morgan fingerprint density at radius 2 is 1.37 bits per heavy atom. The number of methoxy groups -OCH3 is 1. The SMILES string of the molecule is COC(=O)[C@H]1C(=O)N(C(C)c2cccc3ccccc23)[C@@H]1C(OC(C)=O)(c1ccccc1)c1ccccc1. The predicted molar refractivity (Wildman–Crippen MR) is 144 cm³/mol. The van der Waals surface area contributed by atoms with E-state index in [4.69, 9.17) is 9.47 Å². The molecule has 0 bridgehead atoms. The monoisotopic (exact) mass is 507 g/mol. The molecule has 0 radical (unpaired) electrons. The number of likely N-dealkylation sites (tertiary alicyclic amines) is 1. The Morgan fingerprint density at radius 1 is 0.816 bits per heavy atom. The Labute approximate surface area is 221 Å². The third-order valence-corrected chi connectivity index (χ3v) is 7.41. The van der Waals surface area contributed by atoms with Crippen molar-refractivity contribution < 1.29 is 23.9 Å². The second kappa shape index (κ2) is 10.1. The van der Waals surface area contributed by atoms with Gasteiger partial charge in [0.15, 0.2) is 11.5 Å². The normalized spacial score (nSPS) is 18.0. The molecular formula is C32H29NO5. The minimum Gasteiger partial charge on any atom is -0.468 e. The summed E-state index contributed by atoms with van der Waals surface area (Å²) in [6, 6.07) is 31.2. The maximum Gasteiger partial charge on any atom is 0.320 e. The first-order chi connectivity index (χ1) is 18.4. The van der Waals surface area contributed by atoms with Gasteiger partial charge in [-0.25, -0.2) is 0 Å².